The topological polar surface area (TPSA) is 62.0 Å². The van der Waals surface area contributed by atoms with E-state index in [1.165, 1.54) is 18.3 Å². The highest BCUT2D eigenvalue weighted by atomic mass is 19.1. The normalized spacial score (nSPS) is 24.3. The molecule has 1 aromatic heterocycles. The number of aromatic amines is 1. The summed E-state index contributed by atoms with van der Waals surface area (Å²) in [6.07, 6.45) is 2.13. The first-order chi connectivity index (χ1) is 7.65. The third-order valence-electron chi connectivity index (χ3n) is 2.75. The van der Waals surface area contributed by atoms with Gasteiger partial charge in [-0.2, -0.15) is 0 Å². The van der Waals surface area contributed by atoms with Crippen molar-refractivity contribution in [3.8, 4) is 0 Å². The van der Waals surface area contributed by atoms with Gasteiger partial charge in [0.05, 0.1) is 5.56 Å². The summed E-state index contributed by atoms with van der Waals surface area (Å²) in [6, 6.07) is 2.66. The molecule has 0 spiro atoms. The van der Waals surface area contributed by atoms with Crippen molar-refractivity contribution in [2.24, 2.45) is 0 Å². The second-order valence-electron chi connectivity index (χ2n) is 4.02. The molecule has 0 aliphatic heterocycles. The number of pyridine rings is 1. The molecule has 0 aromatic carbocycles. The fourth-order valence-electron chi connectivity index (χ4n) is 1.88. The minimum Gasteiger partial charge on any atom is -0.349 e. The molecule has 1 aromatic rings. The van der Waals surface area contributed by atoms with Crippen molar-refractivity contribution >= 4 is 5.91 Å². The first kappa shape index (κ1) is 10.9. The van der Waals surface area contributed by atoms with E-state index < -0.39 is 6.17 Å². The van der Waals surface area contributed by atoms with Crippen LogP contribution < -0.4 is 10.9 Å². The number of hydrogen-bond acceptors (Lipinski definition) is 2. The summed E-state index contributed by atoms with van der Waals surface area (Å²) < 4.78 is 12.9. The Morgan fingerprint density at radius 2 is 2.25 bits per heavy atom. The van der Waals surface area contributed by atoms with Crippen molar-refractivity contribution in [2.45, 2.75) is 31.5 Å². The molecule has 2 N–H and O–H groups in total. The van der Waals surface area contributed by atoms with Crippen LogP contribution in [0.15, 0.2) is 23.1 Å². The van der Waals surface area contributed by atoms with Gasteiger partial charge in [-0.1, -0.05) is 0 Å². The molecular formula is C11H13FN2O2. The van der Waals surface area contributed by atoms with E-state index in [0.29, 0.717) is 24.8 Å². The molecule has 0 bridgehead atoms. The number of amides is 1. The van der Waals surface area contributed by atoms with Crippen molar-refractivity contribution < 1.29 is 9.18 Å². The predicted molar refractivity (Wildman–Crippen MR) is 57.1 cm³/mol. The Kier molecular flexibility index (Phi) is 3.03. The van der Waals surface area contributed by atoms with Crippen LogP contribution >= 0.6 is 0 Å². The Labute approximate surface area is 91.9 Å². The smallest absolute Gasteiger partial charge is 0.252 e. The summed E-state index contributed by atoms with van der Waals surface area (Å²) in [7, 11) is 0. The first-order valence-corrected chi connectivity index (χ1v) is 5.29. The number of aromatic nitrogens is 1. The Morgan fingerprint density at radius 3 is 2.81 bits per heavy atom. The number of carbonyl (C=O) groups excluding carboxylic acids is 1. The zero-order valence-corrected chi connectivity index (χ0v) is 8.70. The molecule has 1 amide bonds. The molecule has 1 aliphatic carbocycles. The first-order valence-electron chi connectivity index (χ1n) is 5.29. The molecule has 86 valence electrons. The SMILES string of the molecule is O=C(NC1CCC(F)C1)c1ccc(=O)[nH]c1. The predicted octanol–water partition coefficient (Wildman–Crippen LogP) is 0.995. The van der Waals surface area contributed by atoms with E-state index in [2.05, 4.69) is 10.3 Å². The van der Waals surface area contributed by atoms with Crippen LogP contribution in [0.4, 0.5) is 4.39 Å². The van der Waals surface area contributed by atoms with Crippen LogP contribution in [0.5, 0.6) is 0 Å². The summed E-state index contributed by atoms with van der Waals surface area (Å²) in [6.45, 7) is 0. The van der Waals surface area contributed by atoms with Crippen LogP contribution in [0.25, 0.3) is 0 Å². The van der Waals surface area contributed by atoms with E-state index >= 15 is 0 Å². The van der Waals surface area contributed by atoms with Gasteiger partial charge in [-0.15, -0.1) is 0 Å². The molecule has 0 saturated heterocycles. The number of H-pyrrole nitrogens is 1. The quantitative estimate of drug-likeness (QED) is 0.787. The van der Waals surface area contributed by atoms with E-state index in [1.54, 1.807) is 0 Å². The standard InChI is InChI=1S/C11H13FN2O2/c12-8-2-3-9(5-8)14-11(16)7-1-4-10(15)13-6-7/h1,4,6,8-9H,2-3,5H2,(H,13,15)(H,14,16). The molecule has 1 heterocycles. The lowest BCUT2D eigenvalue weighted by Gasteiger charge is -2.11. The number of nitrogens with one attached hydrogen (secondary N) is 2. The van der Waals surface area contributed by atoms with Crippen molar-refractivity contribution in [1.82, 2.24) is 10.3 Å². The highest BCUT2D eigenvalue weighted by Crippen LogP contribution is 2.21. The van der Waals surface area contributed by atoms with E-state index in [0.717, 1.165) is 0 Å². The van der Waals surface area contributed by atoms with Gasteiger partial charge in [-0.25, -0.2) is 4.39 Å². The second-order valence-corrected chi connectivity index (χ2v) is 4.02. The molecule has 2 rings (SSSR count). The van der Waals surface area contributed by atoms with E-state index in [4.69, 9.17) is 0 Å². The van der Waals surface area contributed by atoms with Crippen LogP contribution in [0.3, 0.4) is 0 Å². The Hall–Kier alpha value is -1.65. The molecule has 1 saturated carbocycles. The number of carbonyl (C=O) groups is 1. The zero-order valence-electron chi connectivity index (χ0n) is 8.70. The van der Waals surface area contributed by atoms with Gasteiger partial charge < -0.3 is 10.3 Å². The summed E-state index contributed by atoms with van der Waals surface area (Å²) in [5.74, 6) is -0.268. The molecule has 2 unspecified atom stereocenters. The van der Waals surface area contributed by atoms with Crippen molar-refractivity contribution in [1.29, 1.82) is 0 Å². The van der Waals surface area contributed by atoms with Crippen LogP contribution in [0, 0.1) is 0 Å². The minimum atomic E-state index is -0.805. The fourth-order valence-corrected chi connectivity index (χ4v) is 1.88. The number of halogens is 1. The zero-order chi connectivity index (χ0) is 11.5. The maximum atomic E-state index is 12.9. The monoisotopic (exact) mass is 224 g/mol. The summed E-state index contributed by atoms with van der Waals surface area (Å²) in [5.41, 5.74) is 0.142. The second kappa shape index (κ2) is 4.47. The maximum Gasteiger partial charge on any atom is 0.252 e. The molecule has 2 atom stereocenters. The number of alkyl halides is 1. The minimum absolute atomic E-state index is 0.0885. The molecule has 4 nitrogen and oxygen atoms in total. The number of hydrogen-bond donors (Lipinski definition) is 2. The molecule has 16 heavy (non-hydrogen) atoms. The van der Waals surface area contributed by atoms with Crippen LogP contribution in [-0.2, 0) is 0 Å². The third-order valence-corrected chi connectivity index (χ3v) is 2.75. The van der Waals surface area contributed by atoms with Crippen LogP contribution in [0.2, 0.25) is 0 Å². The average molecular weight is 224 g/mol. The Morgan fingerprint density at radius 1 is 1.44 bits per heavy atom. The third kappa shape index (κ3) is 2.48. The Balaban J connectivity index is 1.98. The molecule has 0 radical (unpaired) electrons. The summed E-state index contributed by atoms with van der Waals surface area (Å²) in [4.78, 5) is 24.9. The van der Waals surface area contributed by atoms with E-state index in [-0.39, 0.29) is 17.5 Å². The molecular weight excluding hydrogens is 211 g/mol. The lowest BCUT2D eigenvalue weighted by atomic mass is 10.2. The lowest BCUT2D eigenvalue weighted by molar-refractivity contribution is 0.0936. The van der Waals surface area contributed by atoms with Gasteiger partial charge >= 0.3 is 0 Å². The van der Waals surface area contributed by atoms with Gasteiger partial charge in [-0.05, 0) is 25.3 Å². The average Bonchev–Trinajstić information content (AvgIpc) is 2.65. The molecule has 1 fully saturated rings. The fraction of sp³-hybridized carbons (Fsp3) is 0.455. The van der Waals surface area contributed by atoms with Crippen LogP contribution in [0.1, 0.15) is 29.6 Å². The lowest BCUT2D eigenvalue weighted by Crippen LogP contribution is -2.33. The van der Waals surface area contributed by atoms with Gasteiger partial charge in [0, 0.05) is 18.3 Å². The molecule has 1 aliphatic rings. The summed E-state index contributed by atoms with van der Waals surface area (Å²) >= 11 is 0. The van der Waals surface area contributed by atoms with Crippen molar-refractivity contribution in [2.75, 3.05) is 0 Å². The maximum absolute atomic E-state index is 12.9. The summed E-state index contributed by atoms with van der Waals surface area (Å²) in [5, 5.41) is 2.74. The highest BCUT2D eigenvalue weighted by molar-refractivity contribution is 5.94. The Bertz CT molecular complexity index is 423. The van der Waals surface area contributed by atoms with Crippen LogP contribution in [-0.4, -0.2) is 23.1 Å². The van der Waals surface area contributed by atoms with Gasteiger partial charge in [0.2, 0.25) is 5.56 Å². The highest BCUT2D eigenvalue weighted by Gasteiger charge is 2.25. The van der Waals surface area contributed by atoms with Gasteiger partial charge in [-0.3, -0.25) is 9.59 Å². The van der Waals surface area contributed by atoms with E-state index in [9.17, 15) is 14.0 Å². The largest absolute Gasteiger partial charge is 0.349 e. The van der Waals surface area contributed by atoms with Gasteiger partial charge in [0.15, 0.2) is 0 Å². The number of rotatable bonds is 2. The van der Waals surface area contributed by atoms with Gasteiger partial charge in [0.25, 0.3) is 5.91 Å². The van der Waals surface area contributed by atoms with Gasteiger partial charge in [0.1, 0.15) is 6.17 Å². The van der Waals surface area contributed by atoms with E-state index in [1.807, 2.05) is 0 Å². The molecule has 5 heteroatoms. The van der Waals surface area contributed by atoms with Crippen molar-refractivity contribution in [3.63, 3.8) is 0 Å². The van der Waals surface area contributed by atoms with Crippen molar-refractivity contribution in [3.05, 3.63) is 34.2 Å².